The number of aromatic nitrogens is 3. The van der Waals surface area contributed by atoms with Gasteiger partial charge in [-0.2, -0.15) is 18.3 Å². The first kappa shape index (κ1) is 25.6. The van der Waals surface area contributed by atoms with Crippen LogP contribution in [0.2, 0.25) is 0 Å². The Balaban J connectivity index is 1.29. The van der Waals surface area contributed by atoms with Crippen molar-refractivity contribution in [1.29, 1.82) is 0 Å². The molecule has 2 heterocycles. The maximum atomic E-state index is 12.9. The van der Waals surface area contributed by atoms with Crippen molar-refractivity contribution in [3.8, 4) is 0 Å². The summed E-state index contributed by atoms with van der Waals surface area (Å²) in [5.74, 6) is -1.28. The summed E-state index contributed by atoms with van der Waals surface area (Å²) in [7, 11) is 0. The molecule has 0 unspecified atom stereocenters. The normalized spacial score (nSPS) is 13.2. The number of hydrogen-bond acceptors (Lipinski definition) is 5. The van der Waals surface area contributed by atoms with Gasteiger partial charge < -0.3 is 16.0 Å². The lowest BCUT2D eigenvalue weighted by atomic mass is 10.1. The lowest BCUT2D eigenvalue weighted by Gasteiger charge is -2.09. The highest BCUT2D eigenvalue weighted by atomic mass is 19.4. The van der Waals surface area contributed by atoms with Crippen molar-refractivity contribution in [2.45, 2.75) is 25.6 Å². The number of alkyl halides is 3. The van der Waals surface area contributed by atoms with E-state index in [9.17, 15) is 27.6 Å². The Bertz CT molecular complexity index is 1390. The molecule has 4 rings (SSSR count). The molecule has 3 N–H and O–H groups in total. The summed E-state index contributed by atoms with van der Waals surface area (Å²) in [6, 6.07) is 7.84. The van der Waals surface area contributed by atoms with Crippen molar-refractivity contribution >= 4 is 34.3 Å². The SMILES string of the molecule is O=C(Cn1cc2cc(NC(=O)c3cccc(C(F)(F)F)n3)ccc2n1)NCCNC(=O)C1=CCCC=C1. The van der Waals surface area contributed by atoms with E-state index < -0.39 is 17.8 Å². The summed E-state index contributed by atoms with van der Waals surface area (Å²) in [5.41, 5.74) is -0.0207. The van der Waals surface area contributed by atoms with E-state index in [4.69, 9.17) is 0 Å². The van der Waals surface area contributed by atoms with Crippen molar-refractivity contribution < 1.29 is 27.6 Å². The Kier molecular flexibility index (Phi) is 7.66. The zero-order chi connectivity index (χ0) is 26.4. The number of fused-ring (bicyclic) bond motifs is 1. The predicted molar refractivity (Wildman–Crippen MR) is 129 cm³/mol. The standard InChI is InChI=1S/C25H23F3N6O3/c26-25(27,28)21-8-4-7-20(32-21)24(37)31-18-9-10-19-17(13-18)14-34(33-19)15-22(35)29-11-12-30-23(36)16-5-2-1-3-6-16/h2,4-10,13-14H,1,3,11-12,15H2,(H,29,35)(H,30,36)(H,31,37). The van der Waals surface area contributed by atoms with Gasteiger partial charge >= 0.3 is 6.18 Å². The first-order valence-electron chi connectivity index (χ1n) is 11.4. The highest BCUT2D eigenvalue weighted by Gasteiger charge is 2.33. The quantitative estimate of drug-likeness (QED) is 0.401. The Hall–Kier alpha value is -4.48. The van der Waals surface area contributed by atoms with Crippen LogP contribution in [0.15, 0.2) is 66.4 Å². The fourth-order valence-electron chi connectivity index (χ4n) is 3.61. The third-order valence-corrected chi connectivity index (χ3v) is 5.38. The number of pyridine rings is 1. The summed E-state index contributed by atoms with van der Waals surface area (Å²) in [6.45, 7) is 0.467. The molecule has 0 radical (unpaired) electrons. The van der Waals surface area contributed by atoms with Crippen LogP contribution in [0.4, 0.5) is 18.9 Å². The van der Waals surface area contributed by atoms with Gasteiger partial charge in [0.05, 0.1) is 5.52 Å². The first-order chi connectivity index (χ1) is 17.7. The largest absolute Gasteiger partial charge is 0.433 e. The number of halogens is 3. The molecule has 1 aliphatic rings. The Labute approximate surface area is 209 Å². The number of amides is 3. The molecule has 12 heteroatoms. The first-order valence-corrected chi connectivity index (χ1v) is 11.4. The molecule has 3 aromatic rings. The van der Waals surface area contributed by atoms with Gasteiger partial charge in [0, 0.05) is 35.9 Å². The van der Waals surface area contributed by atoms with E-state index in [1.54, 1.807) is 30.5 Å². The van der Waals surface area contributed by atoms with E-state index in [1.807, 2.05) is 12.2 Å². The number of carbonyl (C=O) groups excluding carboxylic acids is 3. The van der Waals surface area contributed by atoms with E-state index in [1.165, 1.54) is 10.7 Å². The third-order valence-electron chi connectivity index (χ3n) is 5.38. The number of hydrogen-bond donors (Lipinski definition) is 3. The molecule has 37 heavy (non-hydrogen) atoms. The summed E-state index contributed by atoms with van der Waals surface area (Å²) >= 11 is 0. The van der Waals surface area contributed by atoms with Crippen LogP contribution >= 0.6 is 0 Å². The van der Waals surface area contributed by atoms with E-state index >= 15 is 0 Å². The van der Waals surface area contributed by atoms with Gasteiger partial charge in [-0.05, 0) is 43.2 Å². The molecule has 0 bridgehead atoms. The van der Waals surface area contributed by atoms with Gasteiger partial charge in [-0.25, -0.2) is 4.98 Å². The van der Waals surface area contributed by atoms with Crippen LogP contribution in [0.3, 0.4) is 0 Å². The molecule has 0 spiro atoms. The molecule has 0 aliphatic heterocycles. The van der Waals surface area contributed by atoms with Crippen LogP contribution in [0.1, 0.15) is 29.0 Å². The minimum absolute atomic E-state index is 0.0631. The van der Waals surface area contributed by atoms with Gasteiger partial charge in [0.15, 0.2) is 0 Å². The second-order valence-electron chi connectivity index (χ2n) is 8.21. The van der Waals surface area contributed by atoms with E-state index in [2.05, 4.69) is 26.0 Å². The second-order valence-corrected chi connectivity index (χ2v) is 8.21. The molecular formula is C25H23F3N6O3. The molecule has 0 atom stereocenters. The van der Waals surface area contributed by atoms with Crippen LogP contribution in [-0.4, -0.2) is 45.6 Å². The van der Waals surface area contributed by atoms with Crippen molar-refractivity contribution in [2.24, 2.45) is 0 Å². The van der Waals surface area contributed by atoms with Gasteiger partial charge in [0.2, 0.25) is 5.91 Å². The van der Waals surface area contributed by atoms with E-state index in [-0.39, 0.29) is 37.1 Å². The molecule has 192 valence electrons. The molecular weight excluding hydrogens is 489 g/mol. The predicted octanol–water partition coefficient (Wildman–Crippen LogP) is 3.21. The van der Waals surface area contributed by atoms with Crippen LogP contribution in [0, 0.1) is 0 Å². The lowest BCUT2D eigenvalue weighted by Crippen LogP contribution is -2.36. The van der Waals surface area contributed by atoms with Gasteiger partial charge in [-0.1, -0.05) is 24.3 Å². The van der Waals surface area contributed by atoms with Crippen LogP contribution < -0.4 is 16.0 Å². The maximum Gasteiger partial charge on any atom is 0.433 e. The van der Waals surface area contributed by atoms with Gasteiger partial charge in [-0.3, -0.25) is 19.1 Å². The molecule has 2 aromatic heterocycles. The number of allylic oxidation sites excluding steroid dienone is 2. The Morgan fingerprint density at radius 1 is 1.00 bits per heavy atom. The van der Waals surface area contributed by atoms with Crippen molar-refractivity contribution in [1.82, 2.24) is 25.4 Å². The minimum atomic E-state index is -4.66. The average molecular weight is 512 g/mol. The van der Waals surface area contributed by atoms with Crippen LogP contribution in [0.25, 0.3) is 10.9 Å². The highest BCUT2D eigenvalue weighted by Crippen LogP contribution is 2.27. The zero-order valence-corrected chi connectivity index (χ0v) is 19.5. The van der Waals surface area contributed by atoms with Crippen molar-refractivity contribution in [3.05, 3.63) is 77.8 Å². The number of carbonyl (C=O) groups is 3. The lowest BCUT2D eigenvalue weighted by molar-refractivity contribution is -0.141. The topological polar surface area (TPSA) is 118 Å². The molecule has 3 amide bonds. The maximum absolute atomic E-state index is 12.9. The number of nitrogens with one attached hydrogen (secondary N) is 3. The van der Waals surface area contributed by atoms with Gasteiger partial charge in [0.1, 0.15) is 17.9 Å². The van der Waals surface area contributed by atoms with Crippen molar-refractivity contribution in [3.63, 3.8) is 0 Å². The average Bonchev–Trinajstić information content (AvgIpc) is 3.28. The van der Waals surface area contributed by atoms with Gasteiger partial charge in [-0.15, -0.1) is 0 Å². The Morgan fingerprint density at radius 3 is 2.57 bits per heavy atom. The number of rotatable bonds is 8. The molecule has 0 fully saturated rings. The fraction of sp³-hybridized carbons (Fsp3) is 0.240. The summed E-state index contributed by atoms with van der Waals surface area (Å²) in [6.07, 6.45) is 4.28. The van der Waals surface area contributed by atoms with E-state index in [0.29, 0.717) is 22.2 Å². The van der Waals surface area contributed by atoms with Crippen molar-refractivity contribution in [2.75, 3.05) is 18.4 Å². The number of nitrogens with zero attached hydrogens (tertiary/aromatic N) is 3. The summed E-state index contributed by atoms with van der Waals surface area (Å²) in [4.78, 5) is 40.0. The highest BCUT2D eigenvalue weighted by molar-refractivity contribution is 6.03. The number of benzene rings is 1. The van der Waals surface area contributed by atoms with E-state index in [0.717, 1.165) is 25.0 Å². The minimum Gasteiger partial charge on any atom is -0.353 e. The fourth-order valence-corrected chi connectivity index (χ4v) is 3.61. The smallest absolute Gasteiger partial charge is 0.353 e. The molecule has 1 aromatic carbocycles. The molecule has 1 aliphatic carbocycles. The second kappa shape index (κ2) is 11.1. The summed E-state index contributed by atoms with van der Waals surface area (Å²) < 4.78 is 40.0. The van der Waals surface area contributed by atoms with Crippen LogP contribution in [-0.2, 0) is 22.3 Å². The molecule has 0 saturated carbocycles. The zero-order valence-electron chi connectivity index (χ0n) is 19.5. The van der Waals surface area contributed by atoms with Crippen LogP contribution in [0.5, 0.6) is 0 Å². The van der Waals surface area contributed by atoms with Gasteiger partial charge in [0.25, 0.3) is 11.8 Å². The monoisotopic (exact) mass is 512 g/mol. The summed E-state index contributed by atoms with van der Waals surface area (Å²) in [5, 5.41) is 12.9. The molecule has 0 saturated heterocycles. The Morgan fingerprint density at radius 2 is 1.81 bits per heavy atom. The number of anilines is 1. The molecule has 9 nitrogen and oxygen atoms in total. The third kappa shape index (κ3) is 6.81.